The van der Waals surface area contributed by atoms with Crippen LogP contribution in [0.15, 0.2) is 34.8 Å². The zero-order chi connectivity index (χ0) is 15.8. The molecule has 1 aromatic rings. The number of esters is 1. The molecule has 1 aromatic carbocycles. The fraction of sp³-hybridized carbons (Fsp3) is 0.214. The van der Waals surface area contributed by atoms with Gasteiger partial charge in [-0.1, -0.05) is 34.1 Å². The van der Waals surface area contributed by atoms with Gasteiger partial charge in [0.2, 0.25) is 0 Å². The summed E-state index contributed by atoms with van der Waals surface area (Å²) in [5, 5.41) is 4.25. The molecule has 0 unspecified atom stereocenters. The third-order valence-electron chi connectivity index (χ3n) is 2.43. The van der Waals surface area contributed by atoms with Gasteiger partial charge in [-0.2, -0.15) is 0 Å². The number of urea groups is 1. The van der Waals surface area contributed by atoms with Crippen LogP contribution in [0.5, 0.6) is 0 Å². The summed E-state index contributed by atoms with van der Waals surface area (Å²) in [6, 6.07) is 6.67. The van der Waals surface area contributed by atoms with Gasteiger partial charge in [0.05, 0.1) is 0 Å². The van der Waals surface area contributed by atoms with Crippen LogP contribution in [0, 0.1) is 0 Å². The summed E-state index contributed by atoms with van der Waals surface area (Å²) in [4.78, 5) is 34.0. The summed E-state index contributed by atoms with van der Waals surface area (Å²) >= 11 is 3.34. The number of imide groups is 1. The summed E-state index contributed by atoms with van der Waals surface area (Å²) in [6.45, 7) is 1.38. The first-order valence-electron chi connectivity index (χ1n) is 6.10. The van der Waals surface area contributed by atoms with Gasteiger partial charge in [-0.05, 0) is 24.6 Å². The molecular formula is C14H15BrN2O4. The smallest absolute Gasteiger partial charge is 0.331 e. The van der Waals surface area contributed by atoms with E-state index in [9.17, 15) is 14.4 Å². The molecule has 0 aliphatic carbocycles. The predicted octanol–water partition coefficient (Wildman–Crippen LogP) is 1.85. The Labute approximate surface area is 130 Å². The van der Waals surface area contributed by atoms with Crippen molar-refractivity contribution >= 4 is 39.9 Å². The van der Waals surface area contributed by atoms with Crippen molar-refractivity contribution in [1.82, 2.24) is 10.6 Å². The normalized spacial score (nSPS) is 11.8. The summed E-state index contributed by atoms with van der Waals surface area (Å²) in [5.74, 6) is -1.37. The van der Waals surface area contributed by atoms with E-state index in [4.69, 9.17) is 4.74 Å². The minimum atomic E-state index is -1.07. The molecule has 0 heterocycles. The van der Waals surface area contributed by atoms with Crippen LogP contribution in [-0.4, -0.2) is 31.1 Å². The van der Waals surface area contributed by atoms with Crippen LogP contribution in [0.25, 0.3) is 6.08 Å². The summed E-state index contributed by atoms with van der Waals surface area (Å²) in [6.07, 6.45) is 1.71. The monoisotopic (exact) mass is 354 g/mol. The summed E-state index contributed by atoms with van der Waals surface area (Å²) in [5.41, 5.74) is 0.803. The van der Waals surface area contributed by atoms with Gasteiger partial charge in [0.1, 0.15) is 0 Å². The van der Waals surface area contributed by atoms with Crippen LogP contribution in [-0.2, 0) is 14.3 Å². The highest BCUT2D eigenvalue weighted by molar-refractivity contribution is 9.10. The largest absolute Gasteiger partial charge is 0.449 e. The number of carbonyl (C=O) groups is 3. The molecule has 21 heavy (non-hydrogen) atoms. The third-order valence-corrected chi connectivity index (χ3v) is 3.15. The second-order valence-corrected chi connectivity index (χ2v) is 4.86. The first kappa shape index (κ1) is 16.9. The fourth-order valence-electron chi connectivity index (χ4n) is 1.31. The van der Waals surface area contributed by atoms with Crippen molar-refractivity contribution in [3.8, 4) is 0 Å². The standard InChI is InChI=1S/C14H15BrN2O4/c1-9(13(19)17-14(20)16-2)21-12(18)8-7-10-5-3-4-6-11(10)15/h3-9H,1-2H3,(H2,16,17,19,20)/b8-7+/t9-/m0/s1. The zero-order valence-electron chi connectivity index (χ0n) is 11.6. The zero-order valence-corrected chi connectivity index (χ0v) is 13.1. The molecule has 0 spiro atoms. The number of hydrogen-bond acceptors (Lipinski definition) is 4. The first-order chi connectivity index (χ1) is 9.93. The molecule has 112 valence electrons. The Bertz CT molecular complexity index is 572. The molecular weight excluding hydrogens is 340 g/mol. The van der Waals surface area contributed by atoms with Crippen LogP contribution in [0.3, 0.4) is 0 Å². The average molecular weight is 355 g/mol. The Balaban J connectivity index is 2.55. The van der Waals surface area contributed by atoms with Gasteiger partial charge in [0.15, 0.2) is 6.10 Å². The van der Waals surface area contributed by atoms with Crippen LogP contribution >= 0.6 is 15.9 Å². The Kier molecular flexibility index (Phi) is 6.61. The van der Waals surface area contributed by atoms with E-state index in [1.807, 2.05) is 29.6 Å². The van der Waals surface area contributed by atoms with E-state index in [2.05, 4.69) is 21.2 Å². The van der Waals surface area contributed by atoms with Gasteiger partial charge >= 0.3 is 12.0 Å². The van der Waals surface area contributed by atoms with Crippen molar-refractivity contribution in [1.29, 1.82) is 0 Å². The fourth-order valence-corrected chi connectivity index (χ4v) is 1.73. The van der Waals surface area contributed by atoms with Gasteiger partial charge in [-0.3, -0.25) is 10.1 Å². The lowest BCUT2D eigenvalue weighted by Gasteiger charge is -2.11. The van der Waals surface area contributed by atoms with Crippen molar-refractivity contribution in [3.63, 3.8) is 0 Å². The quantitative estimate of drug-likeness (QED) is 0.638. The van der Waals surface area contributed by atoms with Gasteiger partial charge in [0.25, 0.3) is 5.91 Å². The molecule has 7 heteroatoms. The molecule has 0 bridgehead atoms. The highest BCUT2D eigenvalue weighted by Gasteiger charge is 2.18. The van der Waals surface area contributed by atoms with E-state index < -0.39 is 24.0 Å². The molecule has 0 fully saturated rings. The minimum Gasteiger partial charge on any atom is -0.449 e. The molecule has 0 aromatic heterocycles. The van der Waals surface area contributed by atoms with Crippen molar-refractivity contribution in [2.24, 2.45) is 0 Å². The molecule has 2 N–H and O–H groups in total. The predicted molar refractivity (Wildman–Crippen MR) is 81.3 cm³/mol. The Hall–Kier alpha value is -2.15. The number of hydrogen-bond donors (Lipinski definition) is 2. The van der Waals surface area contributed by atoms with Gasteiger partial charge in [-0.15, -0.1) is 0 Å². The average Bonchev–Trinajstić information content (AvgIpc) is 2.46. The topological polar surface area (TPSA) is 84.5 Å². The van der Waals surface area contributed by atoms with E-state index in [0.717, 1.165) is 10.0 Å². The maximum atomic E-state index is 11.6. The van der Waals surface area contributed by atoms with Gasteiger partial charge in [0, 0.05) is 17.6 Å². The molecule has 0 radical (unpaired) electrons. The van der Waals surface area contributed by atoms with Crippen LogP contribution in [0.1, 0.15) is 12.5 Å². The number of nitrogens with one attached hydrogen (secondary N) is 2. The van der Waals surface area contributed by atoms with Gasteiger partial charge in [-0.25, -0.2) is 9.59 Å². The SMILES string of the molecule is CNC(=O)NC(=O)[C@H](C)OC(=O)/C=C/c1ccccc1Br. The Morgan fingerprint density at radius 3 is 2.57 bits per heavy atom. The van der Waals surface area contributed by atoms with E-state index in [0.29, 0.717) is 0 Å². The molecule has 0 aliphatic rings. The second kappa shape index (κ2) is 8.21. The number of amides is 3. The van der Waals surface area contributed by atoms with E-state index in [-0.39, 0.29) is 0 Å². The molecule has 0 saturated heterocycles. The highest BCUT2D eigenvalue weighted by Crippen LogP contribution is 2.17. The Morgan fingerprint density at radius 2 is 1.95 bits per heavy atom. The second-order valence-electron chi connectivity index (χ2n) is 4.00. The Morgan fingerprint density at radius 1 is 1.29 bits per heavy atom. The lowest BCUT2D eigenvalue weighted by Crippen LogP contribution is -2.43. The van der Waals surface area contributed by atoms with E-state index in [1.54, 1.807) is 6.08 Å². The lowest BCUT2D eigenvalue weighted by atomic mass is 10.2. The molecule has 6 nitrogen and oxygen atoms in total. The number of ether oxygens (including phenoxy) is 1. The summed E-state index contributed by atoms with van der Waals surface area (Å²) in [7, 11) is 1.37. The number of benzene rings is 1. The number of halogens is 1. The van der Waals surface area contributed by atoms with E-state index in [1.165, 1.54) is 20.0 Å². The number of rotatable bonds is 4. The van der Waals surface area contributed by atoms with Crippen molar-refractivity contribution in [2.45, 2.75) is 13.0 Å². The molecule has 1 atom stereocenters. The maximum Gasteiger partial charge on any atom is 0.331 e. The van der Waals surface area contributed by atoms with Crippen molar-refractivity contribution in [3.05, 3.63) is 40.4 Å². The maximum absolute atomic E-state index is 11.6. The number of carbonyl (C=O) groups excluding carboxylic acids is 3. The van der Waals surface area contributed by atoms with Crippen LogP contribution < -0.4 is 10.6 Å². The minimum absolute atomic E-state index is 0.661. The van der Waals surface area contributed by atoms with Crippen LogP contribution in [0.4, 0.5) is 4.79 Å². The van der Waals surface area contributed by atoms with Crippen molar-refractivity contribution < 1.29 is 19.1 Å². The van der Waals surface area contributed by atoms with Crippen LogP contribution in [0.2, 0.25) is 0 Å². The lowest BCUT2D eigenvalue weighted by molar-refractivity contribution is -0.149. The van der Waals surface area contributed by atoms with Gasteiger partial charge < -0.3 is 10.1 Å². The molecule has 0 saturated carbocycles. The third kappa shape index (κ3) is 5.78. The highest BCUT2D eigenvalue weighted by atomic mass is 79.9. The summed E-state index contributed by atoms with van der Waals surface area (Å²) < 4.78 is 5.72. The molecule has 0 aliphatic heterocycles. The van der Waals surface area contributed by atoms with E-state index >= 15 is 0 Å². The first-order valence-corrected chi connectivity index (χ1v) is 6.89. The molecule has 1 rings (SSSR count). The molecule has 3 amide bonds. The van der Waals surface area contributed by atoms with Crippen molar-refractivity contribution in [2.75, 3.05) is 7.05 Å².